The Morgan fingerprint density at radius 1 is 1.00 bits per heavy atom. The Bertz CT molecular complexity index is 968. The number of aliphatic carboxylic acids is 1. The minimum Gasteiger partial charge on any atom is -0.480 e. The summed E-state index contributed by atoms with van der Waals surface area (Å²) in [6.45, 7) is 5.41. The number of benzene rings is 2. The molecular weight excluding hydrogens is 424 g/mol. The number of fused-ring (bicyclic) bond motifs is 3. The fourth-order valence-corrected chi connectivity index (χ4v) is 3.94. The van der Waals surface area contributed by atoms with Gasteiger partial charge in [0.25, 0.3) is 0 Å². The Morgan fingerprint density at radius 3 is 2.12 bits per heavy atom. The molecule has 0 aliphatic heterocycles. The third-order valence-corrected chi connectivity index (χ3v) is 5.51. The first-order chi connectivity index (χ1) is 15.7. The molecule has 0 fully saturated rings. The van der Waals surface area contributed by atoms with Gasteiger partial charge in [-0.25, -0.2) is 9.59 Å². The molecule has 0 saturated heterocycles. The van der Waals surface area contributed by atoms with Crippen molar-refractivity contribution in [3.63, 3.8) is 0 Å². The van der Waals surface area contributed by atoms with Crippen LogP contribution < -0.4 is 10.6 Å². The summed E-state index contributed by atoms with van der Waals surface area (Å²) in [6, 6.07) is 15.3. The maximum Gasteiger partial charge on any atom is 0.407 e. The molecule has 2 aromatic rings. The molecule has 1 aliphatic carbocycles. The van der Waals surface area contributed by atoms with E-state index in [1.165, 1.54) is 0 Å². The molecule has 0 bridgehead atoms. The van der Waals surface area contributed by atoms with Crippen LogP contribution in [0.4, 0.5) is 4.79 Å². The summed E-state index contributed by atoms with van der Waals surface area (Å²) in [7, 11) is 0. The number of hydrogen-bond acceptors (Lipinski definition) is 5. The van der Waals surface area contributed by atoms with Crippen molar-refractivity contribution in [2.45, 2.75) is 32.7 Å². The van der Waals surface area contributed by atoms with Gasteiger partial charge in [0.1, 0.15) is 19.3 Å². The number of rotatable bonds is 9. The molecule has 0 saturated carbocycles. The highest BCUT2D eigenvalue weighted by molar-refractivity contribution is 5.86. The zero-order valence-electron chi connectivity index (χ0n) is 19.1. The van der Waals surface area contributed by atoms with Crippen molar-refractivity contribution in [2.24, 2.45) is 5.41 Å². The van der Waals surface area contributed by atoms with Gasteiger partial charge in [0.05, 0.1) is 6.61 Å². The Labute approximate surface area is 193 Å². The van der Waals surface area contributed by atoms with E-state index in [0.29, 0.717) is 0 Å². The minimum atomic E-state index is -1.08. The van der Waals surface area contributed by atoms with E-state index in [9.17, 15) is 14.4 Å². The van der Waals surface area contributed by atoms with Crippen molar-refractivity contribution in [3.8, 4) is 11.1 Å². The maximum atomic E-state index is 12.7. The summed E-state index contributed by atoms with van der Waals surface area (Å²) in [4.78, 5) is 35.8. The number of carbonyl (C=O) groups excluding carboxylic acids is 2. The standard InChI is InChI=1S/C25H30N2O6/c1-25(2,3)22(23(30)26-12-13-32-15-21(28)29)27-24(31)33-14-20-18-10-6-4-8-16(18)17-9-5-7-11-19(17)20/h4-11,20,22H,12-15H2,1-3H3,(H,26,30)(H,27,31)(H,28,29)/t22-/m1/s1. The molecule has 3 rings (SSSR count). The van der Waals surface area contributed by atoms with E-state index in [4.69, 9.17) is 14.6 Å². The molecule has 0 spiro atoms. The van der Waals surface area contributed by atoms with Crippen molar-refractivity contribution in [1.82, 2.24) is 10.6 Å². The average molecular weight is 455 g/mol. The van der Waals surface area contributed by atoms with E-state index in [1.54, 1.807) is 0 Å². The second kappa shape index (κ2) is 10.5. The van der Waals surface area contributed by atoms with Crippen LogP contribution in [0.1, 0.15) is 37.8 Å². The number of amides is 2. The summed E-state index contributed by atoms with van der Waals surface area (Å²) >= 11 is 0. The van der Waals surface area contributed by atoms with Gasteiger partial charge in [0.15, 0.2) is 0 Å². The number of ether oxygens (including phenoxy) is 2. The first kappa shape index (κ1) is 24.3. The van der Waals surface area contributed by atoms with Crippen LogP contribution in [0.3, 0.4) is 0 Å². The van der Waals surface area contributed by atoms with Crippen molar-refractivity contribution in [3.05, 3.63) is 59.7 Å². The molecule has 0 aromatic heterocycles. The first-order valence-corrected chi connectivity index (χ1v) is 10.9. The van der Waals surface area contributed by atoms with Gasteiger partial charge in [-0.05, 0) is 27.7 Å². The fourth-order valence-electron chi connectivity index (χ4n) is 3.94. The Kier molecular flexibility index (Phi) is 7.71. The van der Waals surface area contributed by atoms with Crippen LogP contribution in [0.25, 0.3) is 11.1 Å². The Morgan fingerprint density at radius 2 is 1.58 bits per heavy atom. The highest BCUT2D eigenvalue weighted by atomic mass is 16.5. The average Bonchev–Trinajstić information content (AvgIpc) is 3.08. The lowest BCUT2D eigenvalue weighted by Gasteiger charge is -2.30. The van der Waals surface area contributed by atoms with Gasteiger partial charge in [-0.3, -0.25) is 4.79 Å². The molecule has 8 nitrogen and oxygen atoms in total. The van der Waals surface area contributed by atoms with Gasteiger partial charge in [-0.1, -0.05) is 69.3 Å². The number of alkyl carbamates (subject to hydrolysis) is 1. The van der Waals surface area contributed by atoms with Gasteiger partial charge in [0.2, 0.25) is 5.91 Å². The molecule has 176 valence electrons. The molecule has 1 aliphatic rings. The number of carbonyl (C=O) groups is 3. The summed E-state index contributed by atoms with van der Waals surface area (Å²) in [5.74, 6) is -1.54. The van der Waals surface area contributed by atoms with Gasteiger partial charge >= 0.3 is 12.1 Å². The summed E-state index contributed by atoms with van der Waals surface area (Å²) in [5, 5.41) is 13.9. The van der Waals surface area contributed by atoms with E-state index in [1.807, 2.05) is 57.2 Å². The van der Waals surface area contributed by atoms with Crippen LogP contribution in [0.5, 0.6) is 0 Å². The largest absolute Gasteiger partial charge is 0.480 e. The van der Waals surface area contributed by atoms with E-state index < -0.39 is 36.0 Å². The van der Waals surface area contributed by atoms with Crippen molar-refractivity contribution in [2.75, 3.05) is 26.4 Å². The lowest BCUT2D eigenvalue weighted by molar-refractivity contribution is -0.142. The lowest BCUT2D eigenvalue weighted by Crippen LogP contribution is -2.54. The van der Waals surface area contributed by atoms with E-state index in [-0.39, 0.29) is 25.7 Å². The molecule has 2 aromatic carbocycles. The zero-order valence-corrected chi connectivity index (χ0v) is 19.1. The van der Waals surface area contributed by atoms with E-state index in [2.05, 4.69) is 22.8 Å². The summed E-state index contributed by atoms with van der Waals surface area (Å²) < 4.78 is 10.5. The molecule has 1 atom stereocenters. The molecule has 0 heterocycles. The highest BCUT2D eigenvalue weighted by Crippen LogP contribution is 2.44. The summed E-state index contributed by atoms with van der Waals surface area (Å²) in [5.41, 5.74) is 3.92. The van der Waals surface area contributed by atoms with Gasteiger partial charge < -0.3 is 25.2 Å². The maximum absolute atomic E-state index is 12.7. The van der Waals surface area contributed by atoms with Gasteiger partial charge in [0, 0.05) is 12.5 Å². The summed E-state index contributed by atoms with van der Waals surface area (Å²) in [6.07, 6.45) is -0.672. The van der Waals surface area contributed by atoms with E-state index in [0.717, 1.165) is 22.3 Å². The smallest absolute Gasteiger partial charge is 0.407 e. The van der Waals surface area contributed by atoms with Crippen molar-refractivity contribution < 1.29 is 29.0 Å². The molecule has 0 radical (unpaired) electrons. The topological polar surface area (TPSA) is 114 Å². The number of carboxylic acids is 1. The normalized spacial score (nSPS) is 13.5. The second-order valence-electron chi connectivity index (χ2n) is 9.01. The van der Waals surface area contributed by atoms with Gasteiger partial charge in [-0.2, -0.15) is 0 Å². The van der Waals surface area contributed by atoms with Crippen LogP contribution in [0.2, 0.25) is 0 Å². The first-order valence-electron chi connectivity index (χ1n) is 10.9. The monoisotopic (exact) mass is 454 g/mol. The zero-order chi connectivity index (χ0) is 24.0. The molecule has 8 heteroatoms. The second-order valence-corrected chi connectivity index (χ2v) is 9.01. The van der Waals surface area contributed by atoms with Crippen LogP contribution in [0.15, 0.2) is 48.5 Å². The van der Waals surface area contributed by atoms with Crippen LogP contribution in [0, 0.1) is 5.41 Å². The van der Waals surface area contributed by atoms with Crippen LogP contribution in [-0.4, -0.2) is 55.5 Å². The predicted octanol–water partition coefficient (Wildman–Crippen LogP) is 3.16. The molecule has 2 amide bonds. The van der Waals surface area contributed by atoms with Gasteiger partial charge in [-0.15, -0.1) is 0 Å². The number of carboxylic acid groups (broad SMARTS) is 1. The number of hydrogen-bond donors (Lipinski definition) is 3. The lowest BCUT2D eigenvalue weighted by atomic mass is 9.86. The minimum absolute atomic E-state index is 0.0554. The Hall–Kier alpha value is -3.39. The predicted molar refractivity (Wildman–Crippen MR) is 123 cm³/mol. The van der Waals surface area contributed by atoms with E-state index >= 15 is 0 Å². The van der Waals surface area contributed by atoms with Crippen LogP contribution >= 0.6 is 0 Å². The third kappa shape index (κ3) is 6.10. The van der Waals surface area contributed by atoms with Crippen molar-refractivity contribution >= 4 is 18.0 Å². The van der Waals surface area contributed by atoms with Crippen molar-refractivity contribution in [1.29, 1.82) is 0 Å². The fraction of sp³-hybridized carbons (Fsp3) is 0.400. The SMILES string of the molecule is CC(C)(C)[C@H](NC(=O)OCC1c2ccccc2-c2ccccc21)C(=O)NCCOCC(=O)O. The molecule has 3 N–H and O–H groups in total. The number of nitrogens with one attached hydrogen (secondary N) is 2. The molecule has 0 unspecified atom stereocenters. The molecular formula is C25H30N2O6. The quantitative estimate of drug-likeness (QED) is 0.502. The van der Waals surface area contributed by atoms with Crippen LogP contribution in [-0.2, 0) is 19.1 Å². The highest BCUT2D eigenvalue weighted by Gasteiger charge is 2.34. The third-order valence-electron chi connectivity index (χ3n) is 5.51. The molecule has 33 heavy (non-hydrogen) atoms. The Balaban J connectivity index is 1.59.